The van der Waals surface area contributed by atoms with Gasteiger partial charge in [0.2, 0.25) is 5.91 Å². The van der Waals surface area contributed by atoms with Crippen molar-refractivity contribution in [2.75, 3.05) is 31.1 Å². The summed E-state index contributed by atoms with van der Waals surface area (Å²) in [6.45, 7) is 3.84. The van der Waals surface area contributed by atoms with Gasteiger partial charge in [-0.1, -0.05) is 66.7 Å². The quantitative estimate of drug-likeness (QED) is 0.391. The fraction of sp³-hybridized carbons (Fsp3) is 0.333. The minimum Gasteiger partial charge on any atom is -0.453 e. The smallest absolute Gasteiger partial charge is 0.317 e. The Bertz CT molecular complexity index is 1440. The molecule has 0 saturated carbocycles. The molecule has 3 aromatic rings. The second kappa shape index (κ2) is 13.3. The van der Waals surface area contributed by atoms with Crippen LogP contribution in [0.15, 0.2) is 78.9 Å². The summed E-state index contributed by atoms with van der Waals surface area (Å²) in [5.74, 6) is -0.539. The molecule has 5 rings (SSSR count). The van der Waals surface area contributed by atoms with Gasteiger partial charge in [-0.25, -0.2) is 4.79 Å². The molecular formula is C33H36N4O5. The molecule has 0 bridgehead atoms. The topological polar surface area (TPSA) is 108 Å². The second-order valence-electron chi connectivity index (χ2n) is 10.7. The number of esters is 1. The maximum Gasteiger partial charge on any atom is 0.317 e. The number of benzene rings is 3. The third-order valence-electron chi connectivity index (χ3n) is 7.85. The molecule has 2 aliphatic heterocycles. The highest BCUT2D eigenvalue weighted by Gasteiger charge is 2.34. The van der Waals surface area contributed by atoms with Crippen LogP contribution in [0, 0.1) is 5.92 Å². The zero-order valence-electron chi connectivity index (χ0n) is 23.8. The van der Waals surface area contributed by atoms with Crippen molar-refractivity contribution in [1.82, 2.24) is 15.5 Å². The third-order valence-corrected chi connectivity index (χ3v) is 7.85. The molecule has 1 atom stereocenters. The first-order valence-corrected chi connectivity index (χ1v) is 14.4. The number of ether oxygens (including phenoxy) is 1. The van der Waals surface area contributed by atoms with Gasteiger partial charge < -0.3 is 25.2 Å². The fourth-order valence-corrected chi connectivity index (χ4v) is 5.60. The number of urea groups is 1. The molecule has 2 aliphatic rings. The van der Waals surface area contributed by atoms with Crippen LogP contribution >= 0.6 is 0 Å². The Labute approximate surface area is 245 Å². The van der Waals surface area contributed by atoms with Crippen LogP contribution in [0.4, 0.5) is 10.5 Å². The predicted octanol–water partition coefficient (Wildman–Crippen LogP) is 4.43. The van der Waals surface area contributed by atoms with Crippen LogP contribution in [-0.4, -0.2) is 54.9 Å². The SMILES string of the molecule is CC(=O)OC1c2ccccc2C(=O)N(CCC(=O)NCC2CCN(C(=O)NCc3ccccc3)CC2)c2ccccc21. The number of hydrogen-bond acceptors (Lipinski definition) is 5. The van der Waals surface area contributed by atoms with E-state index < -0.39 is 12.1 Å². The van der Waals surface area contributed by atoms with E-state index in [9.17, 15) is 19.2 Å². The normalized spacial score (nSPS) is 16.6. The van der Waals surface area contributed by atoms with Crippen LogP contribution < -0.4 is 15.5 Å². The Balaban J connectivity index is 1.14. The molecule has 0 spiro atoms. The summed E-state index contributed by atoms with van der Waals surface area (Å²) in [6, 6.07) is 24.2. The van der Waals surface area contributed by atoms with Gasteiger partial charge in [-0.2, -0.15) is 0 Å². The molecule has 2 heterocycles. The summed E-state index contributed by atoms with van der Waals surface area (Å²) in [4.78, 5) is 54.5. The molecule has 4 amide bonds. The maximum atomic E-state index is 13.7. The summed E-state index contributed by atoms with van der Waals surface area (Å²) in [5.41, 5.74) is 3.45. The zero-order valence-corrected chi connectivity index (χ0v) is 23.8. The van der Waals surface area contributed by atoms with E-state index in [1.54, 1.807) is 23.1 Å². The summed E-state index contributed by atoms with van der Waals surface area (Å²) < 4.78 is 5.68. The number of fused-ring (bicyclic) bond motifs is 2. The Morgan fingerprint density at radius 3 is 2.26 bits per heavy atom. The number of carbonyl (C=O) groups is 4. The number of amides is 4. The highest BCUT2D eigenvalue weighted by molar-refractivity contribution is 6.09. The van der Waals surface area contributed by atoms with Crippen molar-refractivity contribution >= 4 is 29.5 Å². The highest BCUT2D eigenvalue weighted by atomic mass is 16.5. The molecule has 1 fully saturated rings. The molecule has 0 aliphatic carbocycles. The average Bonchev–Trinajstić information content (AvgIpc) is 3.11. The number of nitrogens with one attached hydrogen (secondary N) is 2. The minimum absolute atomic E-state index is 0.0683. The summed E-state index contributed by atoms with van der Waals surface area (Å²) in [7, 11) is 0. The number of para-hydroxylation sites is 1. The first-order chi connectivity index (χ1) is 20.4. The van der Waals surface area contributed by atoms with Gasteiger partial charge in [-0.05, 0) is 36.5 Å². The Kier molecular flexibility index (Phi) is 9.16. The van der Waals surface area contributed by atoms with Crippen molar-refractivity contribution in [2.45, 2.75) is 38.8 Å². The van der Waals surface area contributed by atoms with Crippen molar-refractivity contribution in [1.29, 1.82) is 0 Å². The van der Waals surface area contributed by atoms with Gasteiger partial charge in [-0.15, -0.1) is 0 Å². The van der Waals surface area contributed by atoms with Gasteiger partial charge in [0, 0.05) is 62.8 Å². The van der Waals surface area contributed by atoms with E-state index in [2.05, 4.69) is 10.6 Å². The number of carbonyl (C=O) groups excluding carboxylic acids is 4. The van der Waals surface area contributed by atoms with Crippen LogP contribution in [0.3, 0.4) is 0 Å². The number of nitrogens with zero attached hydrogens (tertiary/aromatic N) is 2. The summed E-state index contributed by atoms with van der Waals surface area (Å²) in [6.07, 6.45) is 1.03. The van der Waals surface area contributed by atoms with Crippen LogP contribution in [0.1, 0.15) is 59.3 Å². The van der Waals surface area contributed by atoms with Gasteiger partial charge in [0.05, 0.1) is 5.69 Å². The van der Waals surface area contributed by atoms with Crippen molar-refractivity contribution in [3.8, 4) is 0 Å². The molecule has 9 heteroatoms. The monoisotopic (exact) mass is 568 g/mol. The molecule has 2 N–H and O–H groups in total. The van der Waals surface area contributed by atoms with Gasteiger partial charge in [0.1, 0.15) is 0 Å². The van der Waals surface area contributed by atoms with Gasteiger partial charge in [-0.3, -0.25) is 14.4 Å². The van der Waals surface area contributed by atoms with E-state index in [1.165, 1.54) is 6.92 Å². The summed E-state index contributed by atoms with van der Waals surface area (Å²) in [5, 5.41) is 6.00. The van der Waals surface area contributed by atoms with E-state index in [0.717, 1.165) is 18.4 Å². The molecule has 9 nitrogen and oxygen atoms in total. The third kappa shape index (κ3) is 6.79. The molecular weight excluding hydrogens is 532 g/mol. The average molecular weight is 569 g/mol. The Morgan fingerprint density at radius 2 is 1.52 bits per heavy atom. The van der Waals surface area contributed by atoms with Gasteiger partial charge in [0.15, 0.2) is 6.10 Å². The summed E-state index contributed by atoms with van der Waals surface area (Å²) >= 11 is 0. The molecule has 42 heavy (non-hydrogen) atoms. The standard InChI is InChI=1S/C33H36N4O5/c1-23(38)42-31-26-11-5-6-12-27(26)32(40)37(29-14-8-7-13-28(29)31)20-17-30(39)34-21-25-15-18-36(19-16-25)33(41)35-22-24-9-3-2-4-10-24/h2-14,25,31H,15-22H2,1H3,(H,34,39)(H,35,41). The second-order valence-corrected chi connectivity index (χ2v) is 10.7. The lowest BCUT2D eigenvalue weighted by Crippen LogP contribution is -2.46. The van der Waals surface area contributed by atoms with Crippen molar-refractivity contribution < 1.29 is 23.9 Å². The molecule has 1 saturated heterocycles. The number of rotatable bonds is 8. The molecule has 0 aromatic heterocycles. The van der Waals surface area contributed by atoms with Crippen molar-refractivity contribution in [3.05, 3.63) is 101 Å². The number of hydrogen-bond donors (Lipinski definition) is 2. The van der Waals surface area contributed by atoms with Crippen LogP contribution in [0.5, 0.6) is 0 Å². The number of piperidine rings is 1. The zero-order chi connectivity index (χ0) is 29.5. The molecule has 0 radical (unpaired) electrons. The highest BCUT2D eigenvalue weighted by Crippen LogP contribution is 2.39. The van der Waals surface area contributed by atoms with Gasteiger partial charge in [0.25, 0.3) is 5.91 Å². The Morgan fingerprint density at radius 1 is 0.857 bits per heavy atom. The van der Waals surface area contributed by atoms with E-state index in [-0.39, 0.29) is 36.7 Å². The first-order valence-electron chi connectivity index (χ1n) is 14.4. The van der Waals surface area contributed by atoms with Crippen LogP contribution in [0.25, 0.3) is 0 Å². The van der Waals surface area contributed by atoms with Gasteiger partial charge >= 0.3 is 12.0 Å². The molecule has 3 aromatic carbocycles. The van der Waals surface area contributed by atoms with Crippen molar-refractivity contribution in [2.24, 2.45) is 5.92 Å². The fourth-order valence-electron chi connectivity index (χ4n) is 5.60. The van der Waals surface area contributed by atoms with Crippen LogP contribution in [0.2, 0.25) is 0 Å². The first kappa shape index (κ1) is 28.9. The Hall–Kier alpha value is -4.66. The largest absolute Gasteiger partial charge is 0.453 e. The lowest BCUT2D eigenvalue weighted by molar-refractivity contribution is -0.144. The molecule has 1 unspecified atom stereocenters. The minimum atomic E-state index is -0.719. The maximum absolute atomic E-state index is 13.7. The lowest BCUT2D eigenvalue weighted by atomic mass is 9.97. The predicted molar refractivity (Wildman–Crippen MR) is 159 cm³/mol. The van der Waals surface area contributed by atoms with E-state index in [0.29, 0.717) is 48.6 Å². The lowest BCUT2D eigenvalue weighted by Gasteiger charge is -2.32. The van der Waals surface area contributed by atoms with Crippen LogP contribution in [-0.2, 0) is 20.9 Å². The number of likely N-dealkylation sites (tertiary alicyclic amines) is 1. The van der Waals surface area contributed by atoms with E-state index >= 15 is 0 Å². The number of anilines is 1. The van der Waals surface area contributed by atoms with Crippen molar-refractivity contribution in [3.63, 3.8) is 0 Å². The van der Waals surface area contributed by atoms with E-state index in [1.807, 2.05) is 65.6 Å². The molecule has 218 valence electrons. The van der Waals surface area contributed by atoms with E-state index in [4.69, 9.17) is 4.74 Å².